The first-order chi connectivity index (χ1) is 6.99. The molecule has 5 heteroatoms. The van der Waals surface area contributed by atoms with Gasteiger partial charge in [0.05, 0.1) is 5.75 Å². The molecule has 3 N–H and O–H groups in total. The molecule has 0 aromatic carbocycles. The molecule has 0 aromatic heterocycles. The van der Waals surface area contributed by atoms with Crippen LogP contribution in [0.4, 0.5) is 0 Å². The third-order valence-corrected chi connectivity index (χ3v) is 3.93. The summed E-state index contributed by atoms with van der Waals surface area (Å²) in [6.07, 6.45) is 6.25. The van der Waals surface area contributed by atoms with Crippen LogP contribution in [0.15, 0.2) is 0 Å². The Hall–Kier alpha value is -0.130. The van der Waals surface area contributed by atoms with Crippen molar-refractivity contribution in [2.45, 2.75) is 45.1 Å². The molecular formula is C10H22N2O2S. The molecule has 2 unspecified atom stereocenters. The van der Waals surface area contributed by atoms with Gasteiger partial charge in [0.1, 0.15) is 0 Å². The van der Waals surface area contributed by atoms with Crippen molar-refractivity contribution in [1.29, 1.82) is 0 Å². The van der Waals surface area contributed by atoms with Gasteiger partial charge in [-0.1, -0.05) is 26.2 Å². The number of rotatable bonds is 4. The Labute approximate surface area is 92.7 Å². The predicted octanol–water partition coefficient (Wildman–Crippen LogP) is 0.833. The maximum atomic E-state index is 10.8. The van der Waals surface area contributed by atoms with Crippen LogP contribution in [0.2, 0.25) is 0 Å². The largest absolute Gasteiger partial charge is 0.313 e. The van der Waals surface area contributed by atoms with Crippen molar-refractivity contribution in [3.63, 3.8) is 0 Å². The second-order valence-electron chi connectivity index (χ2n) is 4.54. The van der Waals surface area contributed by atoms with Crippen LogP contribution in [0.1, 0.15) is 39.0 Å². The van der Waals surface area contributed by atoms with Crippen molar-refractivity contribution < 1.29 is 8.42 Å². The lowest BCUT2D eigenvalue weighted by atomic mass is 9.97. The van der Waals surface area contributed by atoms with Crippen molar-refractivity contribution >= 4 is 10.0 Å². The van der Waals surface area contributed by atoms with Crippen LogP contribution >= 0.6 is 0 Å². The van der Waals surface area contributed by atoms with E-state index in [1.807, 2.05) is 0 Å². The Kier molecular flexibility index (Phi) is 5.02. The molecule has 0 spiro atoms. The fraction of sp³-hybridized carbons (Fsp3) is 1.00. The summed E-state index contributed by atoms with van der Waals surface area (Å²) in [6, 6.07) is 0.467. The van der Waals surface area contributed by atoms with E-state index in [1.54, 1.807) is 0 Å². The lowest BCUT2D eigenvalue weighted by Gasteiger charge is -2.22. The second kappa shape index (κ2) is 5.82. The third-order valence-electron chi connectivity index (χ3n) is 3.15. The van der Waals surface area contributed by atoms with E-state index < -0.39 is 10.0 Å². The van der Waals surface area contributed by atoms with Crippen LogP contribution in [0, 0.1) is 5.92 Å². The summed E-state index contributed by atoms with van der Waals surface area (Å²) >= 11 is 0. The average molecular weight is 234 g/mol. The van der Waals surface area contributed by atoms with Gasteiger partial charge in [0.25, 0.3) is 0 Å². The van der Waals surface area contributed by atoms with Gasteiger partial charge in [0, 0.05) is 12.6 Å². The molecule has 1 saturated carbocycles. The summed E-state index contributed by atoms with van der Waals surface area (Å²) < 4.78 is 21.5. The number of sulfonamides is 1. The van der Waals surface area contributed by atoms with Crippen molar-refractivity contribution in [2.75, 3.05) is 12.3 Å². The molecule has 1 aliphatic carbocycles. The average Bonchev–Trinajstić information content (AvgIpc) is 2.30. The Morgan fingerprint density at radius 2 is 1.93 bits per heavy atom. The van der Waals surface area contributed by atoms with Gasteiger partial charge in [-0.25, -0.2) is 13.6 Å². The zero-order chi connectivity index (χ0) is 11.3. The minimum Gasteiger partial charge on any atom is -0.313 e. The van der Waals surface area contributed by atoms with Crippen LogP contribution in [0.5, 0.6) is 0 Å². The Balaban J connectivity index is 2.29. The molecular weight excluding hydrogens is 212 g/mol. The molecule has 15 heavy (non-hydrogen) atoms. The molecule has 4 nitrogen and oxygen atoms in total. The Morgan fingerprint density at radius 1 is 1.27 bits per heavy atom. The fourth-order valence-corrected chi connectivity index (χ4v) is 2.59. The van der Waals surface area contributed by atoms with E-state index in [4.69, 9.17) is 5.14 Å². The summed E-state index contributed by atoms with van der Waals surface area (Å²) in [5, 5.41) is 8.26. The molecule has 0 aromatic rings. The number of primary sulfonamides is 1. The van der Waals surface area contributed by atoms with Crippen LogP contribution in [0.3, 0.4) is 0 Å². The van der Waals surface area contributed by atoms with E-state index in [2.05, 4.69) is 12.2 Å². The highest BCUT2D eigenvalue weighted by atomic mass is 32.2. The first kappa shape index (κ1) is 12.9. The quantitative estimate of drug-likeness (QED) is 0.708. The first-order valence-corrected chi connectivity index (χ1v) is 7.44. The number of hydrogen-bond donors (Lipinski definition) is 2. The van der Waals surface area contributed by atoms with Crippen LogP contribution < -0.4 is 10.5 Å². The van der Waals surface area contributed by atoms with E-state index >= 15 is 0 Å². The fourth-order valence-electron chi connectivity index (χ4n) is 2.18. The molecule has 0 bridgehead atoms. The molecule has 1 rings (SSSR count). The smallest absolute Gasteiger partial charge is 0.210 e. The van der Waals surface area contributed by atoms with Crippen molar-refractivity contribution in [3.05, 3.63) is 0 Å². The van der Waals surface area contributed by atoms with Crippen LogP contribution in [-0.4, -0.2) is 26.8 Å². The van der Waals surface area contributed by atoms with Gasteiger partial charge in [-0.3, -0.25) is 0 Å². The molecule has 90 valence electrons. The van der Waals surface area contributed by atoms with Gasteiger partial charge < -0.3 is 5.32 Å². The van der Waals surface area contributed by atoms with E-state index in [9.17, 15) is 8.42 Å². The van der Waals surface area contributed by atoms with Crippen LogP contribution in [0.25, 0.3) is 0 Å². The number of nitrogens with one attached hydrogen (secondary N) is 1. The molecule has 0 saturated heterocycles. The van der Waals surface area contributed by atoms with Crippen molar-refractivity contribution in [1.82, 2.24) is 5.32 Å². The highest BCUT2D eigenvalue weighted by Crippen LogP contribution is 2.22. The first-order valence-electron chi connectivity index (χ1n) is 5.73. The topological polar surface area (TPSA) is 72.2 Å². The normalized spacial score (nSPS) is 28.7. The predicted molar refractivity (Wildman–Crippen MR) is 62.0 cm³/mol. The molecule has 1 aliphatic rings. The van der Waals surface area contributed by atoms with Gasteiger partial charge in [-0.15, -0.1) is 0 Å². The molecule has 0 radical (unpaired) electrons. The van der Waals surface area contributed by atoms with E-state index in [-0.39, 0.29) is 5.75 Å². The number of hydrogen-bond acceptors (Lipinski definition) is 3. The summed E-state index contributed by atoms with van der Waals surface area (Å²) in [6.45, 7) is 2.72. The summed E-state index contributed by atoms with van der Waals surface area (Å²) in [7, 11) is -3.31. The second-order valence-corrected chi connectivity index (χ2v) is 6.28. The maximum absolute atomic E-state index is 10.8. The summed E-state index contributed by atoms with van der Waals surface area (Å²) in [4.78, 5) is 0. The standard InChI is InChI=1S/C10H22N2O2S/c1-9-5-3-2-4-6-10(9)12-7-8-15(11,13)14/h9-10,12H,2-8H2,1H3,(H2,11,13,14). The summed E-state index contributed by atoms with van der Waals surface area (Å²) in [5.41, 5.74) is 0. The van der Waals surface area contributed by atoms with Gasteiger partial charge in [0.2, 0.25) is 10.0 Å². The Bertz CT molecular complexity index is 277. The molecule has 0 aliphatic heterocycles. The zero-order valence-electron chi connectivity index (χ0n) is 9.41. The maximum Gasteiger partial charge on any atom is 0.210 e. The molecule has 2 atom stereocenters. The van der Waals surface area contributed by atoms with Crippen LogP contribution in [-0.2, 0) is 10.0 Å². The minimum absolute atomic E-state index is 0.0379. The van der Waals surface area contributed by atoms with Crippen molar-refractivity contribution in [2.24, 2.45) is 11.1 Å². The van der Waals surface area contributed by atoms with Crippen molar-refractivity contribution in [3.8, 4) is 0 Å². The molecule has 1 fully saturated rings. The highest BCUT2D eigenvalue weighted by molar-refractivity contribution is 7.89. The van der Waals surface area contributed by atoms with Gasteiger partial charge >= 0.3 is 0 Å². The number of nitrogens with two attached hydrogens (primary N) is 1. The lowest BCUT2D eigenvalue weighted by Crippen LogP contribution is -2.38. The third kappa shape index (κ3) is 5.49. The Morgan fingerprint density at radius 3 is 2.60 bits per heavy atom. The van der Waals surface area contributed by atoms with Gasteiger partial charge in [0.15, 0.2) is 0 Å². The molecule has 0 heterocycles. The molecule has 0 amide bonds. The van der Waals surface area contributed by atoms with E-state index in [0.717, 1.165) is 6.42 Å². The zero-order valence-corrected chi connectivity index (χ0v) is 10.2. The highest BCUT2D eigenvalue weighted by Gasteiger charge is 2.19. The minimum atomic E-state index is -3.31. The monoisotopic (exact) mass is 234 g/mol. The van der Waals surface area contributed by atoms with Gasteiger partial charge in [-0.05, 0) is 18.8 Å². The SMILES string of the molecule is CC1CCCCCC1NCCS(N)(=O)=O. The summed E-state index contributed by atoms with van der Waals surface area (Å²) in [5.74, 6) is 0.684. The lowest BCUT2D eigenvalue weighted by molar-refractivity contribution is 0.364. The van der Waals surface area contributed by atoms with E-state index in [1.165, 1.54) is 25.7 Å². The van der Waals surface area contributed by atoms with E-state index in [0.29, 0.717) is 18.5 Å². The van der Waals surface area contributed by atoms with Gasteiger partial charge in [-0.2, -0.15) is 0 Å².